The van der Waals surface area contributed by atoms with Gasteiger partial charge in [-0.25, -0.2) is 0 Å². The van der Waals surface area contributed by atoms with Gasteiger partial charge in [0, 0.05) is 24.5 Å². The molecule has 3 heterocycles. The Hall–Kier alpha value is -1.52. The Morgan fingerprint density at radius 2 is 2.10 bits per heavy atom. The third-order valence-corrected chi connectivity index (χ3v) is 5.40. The Kier molecular flexibility index (Phi) is 1.99. The van der Waals surface area contributed by atoms with E-state index >= 15 is 0 Å². The van der Waals surface area contributed by atoms with Gasteiger partial charge >= 0.3 is 0 Å². The van der Waals surface area contributed by atoms with Gasteiger partial charge in [0.15, 0.2) is 11.5 Å². The molecule has 5 rings (SSSR count). The number of aliphatic hydroxyl groups is 1. The van der Waals surface area contributed by atoms with Gasteiger partial charge in [0.25, 0.3) is 0 Å². The fourth-order valence-electron chi connectivity index (χ4n) is 4.48. The molecule has 4 nitrogen and oxygen atoms in total. The van der Waals surface area contributed by atoms with Crippen LogP contribution in [0.5, 0.6) is 11.5 Å². The minimum atomic E-state index is -0.302. The van der Waals surface area contributed by atoms with Crippen molar-refractivity contribution in [1.82, 2.24) is 4.90 Å². The lowest BCUT2D eigenvalue weighted by Gasteiger charge is -2.45. The van der Waals surface area contributed by atoms with Crippen LogP contribution in [0.4, 0.5) is 0 Å². The molecule has 1 unspecified atom stereocenters. The van der Waals surface area contributed by atoms with Crippen LogP contribution in [0.3, 0.4) is 0 Å². The molecule has 4 atom stereocenters. The molecule has 1 aliphatic carbocycles. The highest BCUT2D eigenvalue weighted by Crippen LogP contribution is 2.53. The number of benzene rings is 1. The first-order valence-corrected chi connectivity index (χ1v) is 7.31. The Morgan fingerprint density at radius 3 is 3.00 bits per heavy atom. The minimum absolute atomic E-state index is 0.0633. The molecule has 2 bridgehead atoms. The van der Waals surface area contributed by atoms with Crippen LogP contribution in [0.2, 0.25) is 0 Å². The van der Waals surface area contributed by atoms with Crippen molar-refractivity contribution in [3.8, 4) is 11.5 Å². The Balaban J connectivity index is 1.74. The monoisotopic (exact) mass is 271 g/mol. The molecular formula is C16H17NO3. The van der Waals surface area contributed by atoms with Crippen LogP contribution in [0, 0.1) is 0 Å². The molecule has 20 heavy (non-hydrogen) atoms. The zero-order valence-electron chi connectivity index (χ0n) is 11.2. The molecule has 1 saturated heterocycles. The molecular weight excluding hydrogens is 254 g/mol. The predicted octanol–water partition coefficient (Wildman–Crippen LogP) is 1.56. The summed E-state index contributed by atoms with van der Waals surface area (Å²) < 4.78 is 11.1. The van der Waals surface area contributed by atoms with E-state index in [9.17, 15) is 5.11 Å². The topological polar surface area (TPSA) is 41.9 Å². The smallest absolute Gasteiger partial charge is 0.231 e. The second kappa shape index (κ2) is 3.57. The predicted molar refractivity (Wildman–Crippen MR) is 72.8 cm³/mol. The first-order valence-electron chi connectivity index (χ1n) is 7.31. The molecule has 0 saturated carbocycles. The number of fused-ring (bicyclic) bond motifs is 2. The number of hydrogen-bond donors (Lipinski definition) is 1. The van der Waals surface area contributed by atoms with E-state index in [0.717, 1.165) is 37.4 Å². The highest BCUT2D eigenvalue weighted by molar-refractivity contribution is 5.55. The summed E-state index contributed by atoms with van der Waals surface area (Å²) in [5.41, 5.74) is 2.79. The van der Waals surface area contributed by atoms with E-state index in [1.807, 2.05) is 6.08 Å². The van der Waals surface area contributed by atoms with Gasteiger partial charge in [-0.3, -0.25) is 4.90 Å². The van der Waals surface area contributed by atoms with Gasteiger partial charge in [-0.05, 0) is 36.1 Å². The summed E-state index contributed by atoms with van der Waals surface area (Å²) in [7, 11) is 0. The van der Waals surface area contributed by atoms with Crippen molar-refractivity contribution >= 4 is 0 Å². The van der Waals surface area contributed by atoms with Crippen molar-refractivity contribution in [3.63, 3.8) is 0 Å². The van der Waals surface area contributed by atoms with Crippen LogP contribution in [-0.2, 0) is 12.0 Å². The molecule has 1 aromatic rings. The van der Waals surface area contributed by atoms with Crippen LogP contribution >= 0.6 is 0 Å². The van der Waals surface area contributed by atoms with Gasteiger partial charge in [-0.2, -0.15) is 0 Å². The van der Waals surface area contributed by atoms with E-state index < -0.39 is 0 Å². The third-order valence-electron chi connectivity index (χ3n) is 5.40. The summed E-state index contributed by atoms with van der Waals surface area (Å²) in [5.74, 6) is 1.75. The number of rotatable bonds is 0. The van der Waals surface area contributed by atoms with Gasteiger partial charge in [0.2, 0.25) is 6.79 Å². The molecule has 0 radical (unpaired) electrons. The first kappa shape index (κ1) is 11.2. The van der Waals surface area contributed by atoms with Crippen molar-refractivity contribution in [3.05, 3.63) is 35.4 Å². The maximum atomic E-state index is 9.95. The normalized spacial score (nSPS) is 39.5. The molecule has 1 fully saturated rings. The highest BCUT2D eigenvalue weighted by Gasteiger charge is 2.53. The fraction of sp³-hybridized carbons (Fsp3) is 0.500. The lowest BCUT2D eigenvalue weighted by Crippen LogP contribution is -2.49. The Morgan fingerprint density at radius 1 is 1.25 bits per heavy atom. The summed E-state index contributed by atoms with van der Waals surface area (Å²) in [5, 5.41) is 9.95. The van der Waals surface area contributed by atoms with Crippen molar-refractivity contribution < 1.29 is 14.6 Å². The van der Waals surface area contributed by atoms with E-state index in [1.165, 1.54) is 11.1 Å². The second-order valence-electron chi connectivity index (χ2n) is 6.30. The van der Waals surface area contributed by atoms with Crippen LogP contribution in [0.1, 0.15) is 24.0 Å². The van der Waals surface area contributed by atoms with Crippen LogP contribution in [-0.4, -0.2) is 35.5 Å². The average molecular weight is 271 g/mol. The van der Waals surface area contributed by atoms with E-state index in [4.69, 9.17) is 9.47 Å². The standard InChI is InChI=1S/C16H17NO3/c18-11-1-2-16-3-4-17(15(16)6-11)8-10-5-13-14(7-12(10)16)20-9-19-13/h1-2,5,7,11,15,18H,3-4,6,8-9H2/t11-,15-,16-/m0/s1. The zero-order valence-corrected chi connectivity index (χ0v) is 11.2. The van der Waals surface area contributed by atoms with Gasteiger partial charge in [0.05, 0.1) is 6.10 Å². The molecule has 4 aliphatic rings. The molecule has 4 heteroatoms. The van der Waals surface area contributed by atoms with E-state index in [0.29, 0.717) is 12.8 Å². The molecule has 0 aromatic heterocycles. The zero-order chi connectivity index (χ0) is 13.3. The summed E-state index contributed by atoms with van der Waals surface area (Å²) in [6.07, 6.45) is 5.88. The summed E-state index contributed by atoms with van der Waals surface area (Å²) in [6.45, 7) is 2.38. The lowest BCUT2D eigenvalue weighted by atomic mass is 9.66. The maximum absolute atomic E-state index is 9.95. The SMILES string of the molecule is O[C@H]1C=C[C@]23CCN(Cc4cc5c(cc42)OCO5)[C@H]3C1. The number of hydrogen-bond acceptors (Lipinski definition) is 4. The van der Waals surface area contributed by atoms with Crippen molar-refractivity contribution in [2.45, 2.75) is 36.9 Å². The van der Waals surface area contributed by atoms with Crippen molar-refractivity contribution in [2.24, 2.45) is 0 Å². The van der Waals surface area contributed by atoms with Crippen molar-refractivity contribution in [2.75, 3.05) is 13.3 Å². The Labute approximate surface area is 117 Å². The van der Waals surface area contributed by atoms with Crippen molar-refractivity contribution in [1.29, 1.82) is 0 Å². The summed E-state index contributed by atoms with van der Waals surface area (Å²) in [6, 6.07) is 4.75. The molecule has 1 N–H and O–H groups in total. The summed E-state index contributed by atoms with van der Waals surface area (Å²) >= 11 is 0. The number of aliphatic hydroxyl groups excluding tert-OH is 1. The van der Waals surface area contributed by atoms with Crippen LogP contribution in [0.25, 0.3) is 0 Å². The van der Waals surface area contributed by atoms with Crippen LogP contribution in [0.15, 0.2) is 24.3 Å². The molecule has 0 spiro atoms. The van der Waals surface area contributed by atoms with Gasteiger partial charge in [-0.1, -0.05) is 12.2 Å². The molecule has 0 amide bonds. The third kappa shape index (κ3) is 1.24. The highest BCUT2D eigenvalue weighted by atomic mass is 16.7. The number of ether oxygens (including phenoxy) is 2. The fourth-order valence-corrected chi connectivity index (χ4v) is 4.48. The minimum Gasteiger partial charge on any atom is -0.454 e. The summed E-state index contributed by atoms with van der Waals surface area (Å²) in [4.78, 5) is 2.51. The van der Waals surface area contributed by atoms with Gasteiger partial charge in [-0.15, -0.1) is 0 Å². The molecule has 1 aromatic carbocycles. The van der Waals surface area contributed by atoms with Gasteiger partial charge in [0.1, 0.15) is 0 Å². The average Bonchev–Trinajstić information content (AvgIpc) is 3.00. The van der Waals surface area contributed by atoms with Gasteiger partial charge < -0.3 is 14.6 Å². The quantitative estimate of drug-likeness (QED) is 0.727. The Bertz CT molecular complexity index is 626. The van der Waals surface area contributed by atoms with E-state index in [-0.39, 0.29) is 11.5 Å². The largest absolute Gasteiger partial charge is 0.454 e. The molecule has 104 valence electrons. The first-order chi connectivity index (χ1) is 9.76. The number of nitrogens with zero attached hydrogens (tertiary/aromatic N) is 1. The van der Waals surface area contributed by atoms with E-state index in [1.54, 1.807) is 0 Å². The lowest BCUT2D eigenvalue weighted by molar-refractivity contribution is 0.110. The van der Waals surface area contributed by atoms with Crippen LogP contribution < -0.4 is 9.47 Å². The second-order valence-corrected chi connectivity index (χ2v) is 6.30. The van der Waals surface area contributed by atoms with E-state index in [2.05, 4.69) is 23.1 Å². The maximum Gasteiger partial charge on any atom is 0.231 e. The molecule has 3 aliphatic heterocycles.